The number of ether oxygens (including phenoxy) is 1. The van der Waals surface area contributed by atoms with E-state index in [4.69, 9.17) is 10.5 Å². The second-order valence-electron chi connectivity index (χ2n) is 3.98. The van der Waals surface area contributed by atoms with Gasteiger partial charge in [-0.05, 0) is 18.9 Å². The summed E-state index contributed by atoms with van der Waals surface area (Å²) in [5.74, 6) is 0.535. The van der Waals surface area contributed by atoms with Crippen LogP contribution in [0.3, 0.4) is 0 Å². The van der Waals surface area contributed by atoms with E-state index in [0.29, 0.717) is 18.4 Å². The average Bonchev–Trinajstić information content (AvgIpc) is 2.63. The van der Waals surface area contributed by atoms with Gasteiger partial charge in [-0.15, -0.1) is 0 Å². The Labute approximate surface area is 88.5 Å². The highest BCUT2D eigenvalue weighted by molar-refractivity contribution is 5.10. The van der Waals surface area contributed by atoms with Crippen molar-refractivity contribution in [3.8, 4) is 5.88 Å². The van der Waals surface area contributed by atoms with E-state index in [1.54, 1.807) is 0 Å². The minimum Gasteiger partial charge on any atom is -0.477 e. The number of nitrogens with two attached hydrogens (primary N) is 1. The summed E-state index contributed by atoms with van der Waals surface area (Å²) in [5.41, 5.74) is 5.91. The number of halogens is 1. The zero-order valence-electron chi connectivity index (χ0n) is 8.53. The molecule has 3 nitrogen and oxygen atoms in total. The van der Waals surface area contributed by atoms with Crippen molar-refractivity contribution in [2.24, 2.45) is 11.7 Å². The Morgan fingerprint density at radius 3 is 2.93 bits per heavy atom. The molecule has 0 aromatic carbocycles. The van der Waals surface area contributed by atoms with Crippen LogP contribution in [-0.4, -0.2) is 17.6 Å². The molecule has 15 heavy (non-hydrogen) atoms. The molecule has 82 valence electrons. The fourth-order valence-corrected chi connectivity index (χ4v) is 1.91. The highest BCUT2D eigenvalue weighted by Crippen LogP contribution is 2.24. The van der Waals surface area contributed by atoms with Crippen molar-refractivity contribution >= 4 is 0 Å². The first-order valence-electron chi connectivity index (χ1n) is 5.25. The summed E-state index contributed by atoms with van der Waals surface area (Å²) >= 11 is 0. The molecule has 0 unspecified atom stereocenters. The maximum atomic E-state index is 12.6. The van der Waals surface area contributed by atoms with Crippen LogP contribution >= 0.6 is 0 Å². The lowest BCUT2D eigenvalue weighted by molar-refractivity contribution is 0.231. The summed E-state index contributed by atoms with van der Waals surface area (Å²) in [6.07, 6.45) is 4.52. The lowest BCUT2D eigenvalue weighted by Gasteiger charge is -2.15. The Morgan fingerprint density at radius 2 is 2.33 bits per heavy atom. The van der Waals surface area contributed by atoms with Crippen LogP contribution in [0.25, 0.3) is 0 Å². The van der Waals surface area contributed by atoms with E-state index in [2.05, 4.69) is 4.98 Å². The van der Waals surface area contributed by atoms with E-state index in [9.17, 15) is 4.39 Å². The highest BCUT2D eigenvalue weighted by Gasteiger charge is 2.24. The molecule has 0 radical (unpaired) electrons. The lowest BCUT2D eigenvalue weighted by atomic mass is 10.1. The molecular formula is C11H15FN2O. The Bertz CT molecular complexity index is 315. The van der Waals surface area contributed by atoms with E-state index < -0.39 is 0 Å². The molecule has 1 saturated carbocycles. The van der Waals surface area contributed by atoms with Gasteiger partial charge in [-0.1, -0.05) is 6.42 Å². The van der Waals surface area contributed by atoms with Crippen LogP contribution in [0.1, 0.15) is 19.3 Å². The summed E-state index contributed by atoms with van der Waals surface area (Å²) in [5, 5.41) is 0. The molecule has 0 spiro atoms. The largest absolute Gasteiger partial charge is 0.477 e. The predicted molar refractivity (Wildman–Crippen MR) is 55.0 cm³/mol. The van der Waals surface area contributed by atoms with Crippen molar-refractivity contribution in [2.75, 3.05) is 6.61 Å². The quantitative estimate of drug-likeness (QED) is 0.826. The lowest BCUT2D eigenvalue weighted by Crippen LogP contribution is -2.28. The van der Waals surface area contributed by atoms with Gasteiger partial charge in [0.2, 0.25) is 5.88 Å². The Morgan fingerprint density at radius 1 is 1.47 bits per heavy atom. The second kappa shape index (κ2) is 4.57. The fraction of sp³-hybridized carbons (Fsp3) is 0.545. The van der Waals surface area contributed by atoms with E-state index in [0.717, 1.165) is 19.0 Å². The molecule has 1 aliphatic rings. The molecule has 2 atom stereocenters. The molecular weight excluding hydrogens is 195 g/mol. The van der Waals surface area contributed by atoms with E-state index in [-0.39, 0.29) is 11.9 Å². The van der Waals surface area contributed by atoms with Crippen LogP contribution in [0.5, 0.6) is 5.88 Å². The number of aromatic nitrogens is 1. The summed E-state index contributed by atoms with van der Waals surface area (Å²) < 4.78 is 18.0. The zero-order valence-corrected chi connectivity index (χ0v) is 8.53. The van der Waals surface area contributed by atoms with Crippen molar-refractivity contribution < 1.29 is 9.13 Å². The minimum absolute atomic E-state index is 0.241. The van der Waals surface area contributed by atoms with Gasteiger partial charge in [0.15, 0.2) is 0 Å². The van der Waals surface area contributed by atoms with Crippen molar-refractivity contribution in [2.45, 2.75) is 25.3 Å². The molecule has 1 aromatic rings. The SMILES string of the molecule is N[C@H]1CCC[C@@H]1COc1ccc(F)cn1. The molecule has 1 fully saturated rings. The summed E-state index contributed by atoms with van der Waals surface area (Å²) in [4.78, 5) is 3.83. The number of pyridine rings is 1. The first-order chi connectivity index (χ1) is 7.25. The summed E-state index contributed by atoms with van der Waals surface area (Å²) in [6.45, 7) is 0.583. The molecule has 0 amide bonds. The Balaban J connectivity index is 1.85. The van der Waals surface area contributed by atoms with Gasteiger partial charge in [-0.25, -0.2) is 9.37 Å². The first kappa shape index (κ1) is 10.4. The van der Waals surface area contributed by atoms with Gasteiger partial charge in [0.1, 0.15) is 5.82 Å². The minimum atomic E-state index is -0.347. The monoisotopic (exact) mass is 210 g/mol. The maximum Gasteiger partial charge on any atom is 0.213 e. The number of nitrogens with zero attached hydrogens (tertiary/aromatic N) is 1. The van der Waals surface area contributed by atoms with Gasteiger partial charge in [-0.3, -0.25) is 0 Å². The zero-order chi connectivity index (χ0) is 10.7. The molecule has 0 saturated heterocycles. The van der Waals surface area contributed by atoms with Crippen LogP contribution in [-0.2, 0) is 0 Å². The molecule has 1 aliphatic carbocycles. The maximum absolute atomic E-state index is 12.6. The molecule has 0 aliphatic heterocycles. The third kappa shape index (κ3) is 2.65. The smallest absolute Gasteiger partial charge is 0.213 e. The normalized spacial score (nSPS) is 25.5. The second-order valence-corrected chi connectivity index (χ2v) is 3.98. The molecule has 1 heterocycles. The number of rotatable bonds is 3. The average molecular weight is 210 g/mol. The molecule has 4 heteroatoms. The topological polar surface area (TPSA) is 48.1 Å². The predicted octanol–water partition coefficient (Wildman–Crippen LogP) is 1.73. The van der Waals surface area contributed by atoms with Crippen LogP contribution in [0.4, 0.5) is 4.39 Å². The summed E-state index contributed by atoms with van der Waals surface area (Å²) in [6, 6.07) is 3.12. The van der Waals surface area contributed by atoms with Gasteiger partial charge in [0, 0.05) is 18.0 Å². The van der Waals surface area contributed by atoms with Crippen molar-refractivity contribution in [3.05, 3.63) is 24.1 Å². The van der Waals surface area contributed by atoms with Gasteiger partial charge < -0.3 is 10.5 Å². The highest BCUT2D eigenvalue weighted by atomic mass is 19.1. The Kier molecular flexibility index (Phi) is 3.16. The van der Waals surface area contributed by atoms with Crippen LogP contribution in [0.15, 0.2) is 18.3 Å². The van der Waals surface area contributed by atoms with Crippen LogP contribution in [0.2, 0.25) is 0 Å². The van der Waals surface area contributed by atoms with Crippen molar-refractivity contribution in [1.29, 1.82) is 0 Å². The van der Waals surface area contributed by atoms with E-state index in [1.165, 1.54) is 18.6 Å². The van der Waals surface area contributed by atoms with E-state index >= 15 is 0 Å². The van der Waals surface area contributed by atoms with Gasteiger partial charge in [-0.2, -0.15) is 0 Å². The third-order valence-corrected chi connectivity index (χ3v) is 2.86. The van der Waals surface area contributed by atoms with Crippen molar-refractivity contribution in [1.82, 2.24) is 4.98 Å². The fourth-order valence-electron chi connectivity index (χ4n) is 1.91. The van der Waals surface area contributed by atoms with Crippen molar-refractivity contribution in [3.63, 3.8) is 0 Å². The van der Waals surface area contributed by atoms with E-state index in [1.807, 2.05) is 0 Å². The molecule has 2 rings (SSSR count). The Hall–Kier alpha value is -1.16. The summed E-state index contributed by atoms with van der Waals surface area (Å²) in [7, 11) is 0. The standard InChI is InChI=1S/C11H15FN2O/c12-9-4-5-11(14-6-9)15-7-8-2-1-3-10(8)13/h4-6,8,10H,1-3,7,13H2/t8-,10+/m1/s1. The number of hydrogen-bond donors (Lipinski definition) is 1. The number of hydrogen-bond acceptors (Lipinski definition) is 3. The van der Waals surface area contributed by atoms with Gasteiger partial charge >= 0.3 is 0 Å². The molecule has 2 N–H and O–H groups in total. The van der Waals surface area contributed by atoms with Gasteiger partial charge in [0.25, 0.3) is 0 Å². The molecule has 0 bridgehead atoms. The molecule has 1 aromatic heterocycles. The van der Waals surface area contributed by atoms with Crippen LogP contribution in [0, 0.1) is 11.7 Å². The van der Waals surface area contributed by atoms with Gasteiger partial charge in [0.05, 0.1) is 12.8 Å². The third-order valence-electron chi connectivity index (χ3n) is 2.86. The first-order valence-corrected chi connectivity index (χ1v) is 5.25. The van der Waals surface area contributed by atoms with Crippen LogP contribution < -0.4 is 10.5 Å².